The molecule has 1 heterocycles. The minimum Gasteiger partial charge on any atom is -0.468 e. The van der Waals surface area contributed by atoms with Gasteiger partial charge in [0.05, 0.1) is 19.8 Å². The molecule has 6 heteroatoms. The van der Waals surface area contributed by atoms with Gasteiger partial charge in [-0.2, -0.15) is 0 Å². The van der Waals surface area contributed by atoms with Gasteiger partial charge in [0.1, 0.15) is 5.92 Å². The number of hydrogen-bond donors (Lipinski definition) is 0. The molecular weight excluding hydrogens is 358 g/mol. The molecule has 0 bridgehead atoms. The summed E-state index contributed by atoms with van der Waals surface area (Å²) < 4.78 is 9.76. The SMILES string of the molecule is COC(=O)c1ccc([C@@H]2C3=C(CC(C)(C)CC3=O)N=C(C)C2C(=O)OC)cc1. The summed E-state index contributed by atoms with van der Waals surface area (Å²) in [5.41, 5.74) is 2.99. The van der Waals surface area contributed by atoms with Crippen molar-refractivity contribution in [2.45, 2.75) is 39.5 Å². The zero-order chi connectivity index (χ0) is 20.6. The Hall–Kier alpha value is -2.76. The number of benzene rings is 1. The van der Waals surface area contributed by atoms with Crippen LogP contribution in [-0.2, 0) is 19.1 Å². The summed E-state index contributed by atoms with van der Waals surface area (Å²) >= 11 is 0. The number of allylic oxidation sites excluding steroid dienone is 2. The Kier molecular flexibility index (Phi) is 5.24. The lowest BCUT2D eigenvalue weighted by atomic mass is 9.67. The Bertz CT molecular complexity index is 892. The summed E-state index contributed by atoms with van der Waals surface area (Å²) in [5, 5.41) is 0. The topological polar surface area (TPSA) is 82.0 Å². The van der Waals surface area contributed by atoms with E-state index in [9.17, 15) is 14.4 Å². The first kappa shape index (κ1) is 20.0. The molecule has 1 aliphatic carbocycles. The fourth-order valence-corrected chi connectivity index (χ4v) is 4.18. The zero-order valence-corrected chi connectivity index (χ0v) is 16.9. The highest BCUT2D eigenvalue weighted by atomic mass is 16.5. The third-order valence-electron chi connectivity index (χ3n) is 5.45. The number of Topliss-reactive ketones (excluding diaryl/α,β-unsaturated/α-hetero) is 1. The van der Waals surface area contributed by atoms with Crippen LogP contribution in [0.5, 0.6) is 0 Å². The van der Waals surface area contributed by atoms with Crippen molar-refractivity contribution >= 4 is 23.4 Å². The largest absolute Gasteiger partial charge is 0.468 e. The number of methoxy groups -OCH3 is 2. The summed E-state index contributed by atoms with van der Waals surface area (Å²) in [6.07, 6.45) is 1.08. The van der Waals surface area contributed by atoms with Crippen molar-refractivity contribution in [3.8, 4) is 0 Å². The van der Waals surface area contributed by atoms with Crippen LogP contribution >= 0.6 is 0 Å². The lowest BCUT2D eigenvalue weighted by molar-refractivity contribution is -0.143. The van der Waals surface area contributed by atoms with Gasteiger partial charge in [-0.1, -0.05) is 26.0 Å². The molecule has 3 rings (SSSR count). The van der Waals surface area contributed by atoms with Gasteiger partial charge in [-0.25, -0.2) is 4.79 Å². The molecule has 0 saturated carbocycles. The molecule has 0 radical (unpaired) electrons. The molecule has 0 amide bonds. The maximum absolute atomic E-state index is 13.1. The van der Waals surface area contributed by atoms with Gasteiger partial charge in [0.15, 0.2) is 5.78 Å². The van der Waals surface area contributed by atoms with Crippen LogP contribution in [-0.4, -0.2) is 37.7 Å². The number of rotatable bonds is 3. The van der Waals surface area contributed by atoms with E-state index >= 15 is 0 Å². The summed E-state index contributed by atoms with van der Waals surface area (Å²) in [5.74, 6) is -1.99. The van der Waals surface area contributed by atoms with Crippen LogP contribution in [0.25, 0.3) is 0 Å². The fraction of sp³-hybridized carbons (Fsp3) is 0.455. The molecule has 0 N–H and O–H groups in total. The number of ketones is 1. The average Bonchev–Trinajstić information content (AvgIpc) is 2.64. The molecular formula is C22H25NO5. The van der Waals surface area contributed by atoms with E-state index < -0.39 is 23.8 Å². The number of esters is 2. The normalized spacial score (nSPS) is 23.6. The second kappa shape index (κ2) is 7.34. The predicted molar refractivity (Wildman–Crippen MR) is 104 cm³/mol. The van der Waals surface area contributed by atoms with Crippen LogP contribution < -0.4 is 0 Å². The standard InChI is InChI=1S/C22H25NO5/c1-12-17(21(26)28-5)18(13-6-8-14(9-7-13)20(25)27-4)19-15(23-12)10-22(2,3)11-16(19)24/h6-9,17-18H,10-11H2,1-5H3/t17?,18-/m0/s1. The molecule has 1 aromatic carbocycles. The van der Waals surface area contributed by atoms with Gasteiger partial charge in [0.2, 0.25) is 0 Å². The second-order valence-corrected chi connectivity index (χ2v) is 8.15. The first-order valence-electron chi connectivity index (χ1n) is 9.26. The van der Waals surface area contributed by atoms with E-state index in [1.54, 1.807) is 31.2 Å². The summed E-state index contributed by atoms with van der Waals surface area (Å²) in [6.45, 7) is 5.89. The third kappa shape index (κ3) is 3.51. The van der Waals surface area contributed by atoms with Crippen LogP contribution in [0, 0.1) is 11.3 Å². The maximum atomic E-state index is 13.1. The summed E-state index contributed by atoms with van der Waals surface area (Å²) in [7, 11) is 2.66. The highest BCUT2D eigenvalue weighted by Gasteiger charge is 2.45. The molecule has 0 fully saturated rings. The molecule has 1 aliphatic heterocycles. The molecule has 0 spiro atoms. The first-order chi connectivity index (χ1) is 13.2. The van der Waals surface area contributed by atoms with Crippen molar-refractivity contribution in [3.63, 3.8) is 0 Å². The monoisotopic (exact) mass is 383 g/mol. The minimum atomic E-state index is -0.669. The Labute approximate surface area is 164 Å². The maximum Gasteiger partial charge on any atom is 0.337 e. The van der Waals surface area contributed by atoms with E-state index in [2.05, 4.69) is 4.99 Å². The van der Waals surface area contributed by atoms with Crippen molar-refractivity contribution in [3.05, 3.63) is 46.7 Å². The van der Waals surface area contributed by atoms with Crippen LogP contribution in [0.4, 0.5) is 0 Å². The van der Waals surface area contributed by atoms with Crippen LogP contribution in [0.3, 0.4) is 0 Å². The van der Waals surface area contributed by atoms with Gasteiger partial charge in [-0.3, -0.25) is 14.6 Å². The van der Waals surface area contributed by atoms with Gasteiger partial charge in [0.25, 0.3) is 0 Å². The van der Waals surface area contributed by atoms with Gasteiger partial charge in [-0.15, -0.1) is 0 Å². The molecule has 6 nitrogen and oxygen atoms in total. The second-order valence-electron chi connectivity index (χ2n) is 8.15. The van der Waals surface area contributed by atoms with E-state index in [0.29, 0.717) is 29.7 Å². The molecule has 148 valence electrons. The number of nitrogens with zero attached hydrogens (tertiary/aromatic N) is 1. The Balaban J connectivity index is 2.14. The Morgan fingerprint density at radius 2 is 1.71 bits per heavy atom. The molecule has 1 unspecified atom stereocenters. The van der Waals surface area contributed by atoms with E-state index in [-0.39, 0.29) is 11.2 Å². The number of hydrogen-bond acceptors (Lipinski definition) is 6. The van der Waals surface area contributed by atoms with E-state index in [1.807, 2.05) is 13.8 Å². The molecule has 1 aromatic rings. The van der Waals surface area contributed by atoms with Gasteiger partial charge in [-0.05, 0) is 36.5 Å². The third-order valence-corrected chi connectivity index (χ3v) is 5.45. The average molecular weight is 383 g/mol. The molecule has 28 heavy (non-hydrogen) atoms. The number of ether oxygens (including phenoxy) is 2. The van der Waals surface area contributed by atoms with Gasteiger partial charge >= 0.3 is 11.9 Å². The Morgan fingerprint density at radius 3 is 2.29 bits per heavy atom. The van der Waals surface area contributed by atoms with Crippen molar-refractivity contribution in [1.29, 1.82) is 0 Å². The highest BCUT2D eigenvalue weighted by Crippen LogP contribution is 2.47. The molecule has 0 aromatic heterocycles. The quantitative estimate of drug-likeness (QED) is 0.747. The van der Waals surface area contributed by atoms with E-state index in [4.69, 9.17) is 9.47 Å². The minimum absolute atomic E-state index is 0.0125. The molecule has 2 atom stereocenters. The van der Waals surface area contributed by atoms with Crippen molar-refractivity contribution in [2.75, 3.05) is 14.2 Å². The highest BCUT2D eigenvalue weighted by molar-refractivity contribution is 6.09. The smallest absolute Gasteiger partial charge is 0.337 e. The fourth-order valence-electron chi connectivity index (χ4n) is 4.18. The Morgan fingerprint density at radius 1 is 1.07 bits per heavy atom. The predicted octanol–water partition coefficient (Wildman–Crippen LogP) is 3.46. The summed E-state index contributed by atoms with van der Waals surface area (Å²) in [6, 6.07) is 6.83. The van der Waals surface area contributed by atoms with Gasteiger partial charge in [0, 0.05) is 29.3 Å². The zero-order valence-electron chi connectivity index (χ0n) is 16.9. The van der Waals surface area contributed by atoms with Crippen molar-refractivity contribution in [1.82, 2.24) is 0 Å². The molecule has 0 saturated heterocycles. The molecule has 2 aliphatic rings. The lowest BCUT2D eigenvalue weighted by Gasteiger charge is -2.38. The van der Waals surface area contributed by atoms with Crippen molar-refractivity contribution < 1.29 is 23.9 Å². The lowest BCUT2D eigenvalue weighted by Crippen LogP contribution is -2.39. The summed E-state index contributed by atoms with van der Waals surface area (Å²) in [4.78, 5) is 42.0. The van der Waals surface area contributed by atoms with Crippen LogP contribution in [0.1, 0.15) is 55.5 Å². The van der Waals surface area contributed by atoms with E-state index in [0.717, 1.165) is 11.3 Å². The number of carbonyl (C=O) groups is 3. The van der Waals surface area contributed by atoms with Gasteiger partial charge < -0.3 is 9.47 Å². The first-order valence-corrected chi connectivity index (χ1v) is 9.26. The van der Waals surface area contributed by atoms with Crippen LogP contribution in [0.2, 0.25) is 0 Å². The van der Waals surface area contributed by atoms with Crippen molar-refractivity contribution in [2.24, 2.45) is 16.3 Å². The van der Waals surface area contributed by atoms with Crippen LogP contribution in [0.15, 0.2) is 40.5 Å². The van der Waals surface area contributed by atoms with E-state index in [1.165, 1.54) is 14.2 Å². The number of carbonyl (C=O) groups excluding carboxylic acids is 3. The number of aliphatic imine (C=N–C) groups is 1.